The van der Waals surface area contributed by atoms with E-state index in [1.807, 2.05) is 0 Å². The first kappa shape index (κ1) is 26.2. The number of carbonyl (C=O) groups is 2. The average molecular weight is 542 g/mol. The van der Waals surface area contributed by atoms with Crippen molar-refractivity contribution in [3.63, 3.8) is 0 Å². The van der Waals surface area contributed by atoms with Crippen molar-refractivity contribution in [3.05, 3.63) is 65.1 Å². The molecule has 0 aliphatic heterocycles. The number of nitrogens with zero attached hydrogens (tertiary/aromatic N) is 5. The van der Waals surface area contributed by atoms with Crippen molar-refractivity contribution in [1.29, 1.82) is 0 Å². The van der Waals surface area contributed by atoms with Gasteiger partial charge >= 0.3 is 6.18 Å². The molecule has 3 heterocycles. The maximum absolute atomic E-state index is 13.0. The molecule has 1 saturated carbocycles. The molecule has 3 aromatic heterocycles. The first-order chi connectivity index (χ1) is 18.5. The molecule has 0 spiro atoms. The lowest BCUT2D eigenvalue weighted by molar-refractivity contribution is -0.137. The minimum absolute atomic E-state index is 0.103. The summed E-state index contributed by atoms with van der Waals surface area (Å²) in [7, 11) is 1.74. The maximum atomic E-state index is 13.0. The topological polar surface area (TPSA) is 130 Å². The number of nitrogens with two attached hydrogens (primary N) is 1. The van der Waals surface area contributed by atoms with Crippen LogP contribution in [0.1, 0.15) is 57.7 Å². The molecule has 2 amide bonds. The first-order valence-electron chi connectivity index (χ1n) is 12.3. The Hall–Kier alpha value is -4.42. The van der Waals surface area contributed by atoms with Crippen LogP contribution in [0.25, 0.3) is 16.7 Å². The van der Waals surface area contributed by atoms with Gasteiger partial charge in [0.05, 0.1) is 34.9 Å². The minimum atomic E-state index is -4.43. The van der Waals surface area contributed by atoms with Crippen molar-refractivity contribution in [3.8, 4) is 11.6 Å². The molecule has 13 heteroatoms. The molecule has 3 N–H and O–H groups in total. The van der Waals surface area contributed by atoms with Gasteiger partial charge in [0.1, 0.15) is 11.7 Å². The van der Waals surface area contributed by atoms with Gasteiger partial charge in [0.15, 0.2) is 5.65 Å². The number of aryl methyl sites for hydroxylation is 1. The third kappa shape index (κ3) is 5.29. The van der Waals surface area contributed by atoms with E-state index in [-0.39, 0.29) is 29.5 Å². The summed E-state index contributed by atoms with van der Waals surface area (Å²) < 4.78 is 47.7. The zero-order valence-electron chi connectivity index (χ0n) is 21.2. The van der Waals surface area contributed by atoms with Crippen molar-refractivity contribution in [2.75, 3.05) is 0 Å². The Morgan fingerprint density at radius 1 is 1.05 bits per heavy atom. The van der Waals surface area contributed by atoms with E-state index in [1.165, 1.54) is 23.0 Å². The van der Waals surface area contributed by atoms with Crippen LogP contribution in [-0.4, -0.2) is 48.5 Å². The van der Waals surface area contributed by atoms with Gasteiger partial charge in [-0.1, -0.05) is 0 Å². The van der Waals surface area contributed by atoms with Crippen molar-refractivity contribution < 1.29 is 27.5 Å². The Kier molecular flexibility index (Phi) is 6.74. The predicted octanol–water partition coefficient (Wildman–Crippen LogP) is 3.70. The second-order valence-electron chi connectivity index (χ2n) is 9.55. The fourth-order valence-corrected chi connectivity index (χ4v) is 4.76. The van der Waals surface area contributed by atoms with E-state index < -0.39 is 17.6 Å². The monoisotopic (exact) mass is 541 g/mol. The van der Waals surface area contributed by atoms with Gasteiger partial charge in [-0.2, -0.15) is 28.4 Å². The largest absolute Gasteiger partial charge is 0.474 e. The summed E-state index contributed by atoms with van der Waals surface area (Å²) in [6.07, 6.45) is 0.893. The van der Waals surface area contributed by atoms with Gasteiger partial charge in [0.25, 0.3) is 11.8 Å². The zero-order chi connectivity index (χ0) is 27.9. The summed E-state index contributed by atoms with van der Waals surface area (Å²) in [5.41, 5.74) is 6.82. The normalized spacial score (nSPS) is 17.8. The highest BCUT2D eigenvalue weighted by Crippen LogP contribution is 2.30. The van der Waals surface area contributed by atoms with Crippen LogP contribution in [0.5, 0.6) is 5.88 Å². The number of ether oxygens (including phenoxy) is 1. The summed E-state index contributed by atoms with van der Waals surface area (Å²) in [6, 6.07) is 6.11. The SMILES string of the molecule is Cc1c(C(=O)NC2CCC(Oc3nc4c(cnn4C)cc3C(N)=O)CC2)cnn1-c1ccc(C(F)(F)F)cc1. The lowest BCUT2D eigenvalue weighted by Gasteiger charge is -2.29. The number of amides is 2. The molecular weight excluding hydrogens is 515 g/mol. The quantitative estimate of drug-likeness (QED) is 0.383. The first-order valence-corrected chi connectivity index (χ1v) is 12.3. The van der Waals surface area contributed by atoms with Crippen LogP contribution in [-0.2, 0) is 13.2 Å². The molecular formula is C26H26F3N7O3. The number of nitrogens with one attached hydrogen (secondary N) is 1. The van der Waals surface area contributed by atoms with Gasteiger partial charge < -0.3 is 15.8 Å². The Morgan fingerprint density at radius 3 is 2.38 bits per heavy atom. The van der Waals surface area contributed by atoms with Gasteiger partial charge in [0, 0.05) is 18.5 Å². The Morgan fingerprint density at radius 2 is 1.74 bits per heavy atom. The number of alkyl halides is 3. The summed E-state index contributed by atoms with van der Waals surface area (Å²) in [4.78, 5) is 29.4. The number of benzene rings is 1. The van der Waals surface area contributed by atoms with Crippen molar-refractivity contribution in [1.82, 2.24) is 29.9 Å². The molecule has 204 valence electrons. The summed E-state index contributed by atoms with van der Waals surface area (Å²) in [6.45, 7) is 1.69. The van der Waals surface area contributed by atoms with Gasteiger partial charge in [-0.25, -0.2) is 4.68 Å². The molecule has 5 rings (SSSR count). The number of hydrogen-bond donors (Lipinski definition) is 2. The number of pyridine rings is 1. The molecule has 1 fully saturated rings. The molecule has 0 saturated heterocycles. The number of aromatic nitrogens is 5. The van der Waals surface area contributed by atoms with Crippen LogP contribution >= 0.6 is 0 Å². The van der Waals surface area contributed by atoms with E-state index in [2.05, 4.69) is 20.5 Å². The van der Waals surface area contributed by atoms with E-state index in [0.717, 1.165) is 12.1 Å². The number of halogens is 3. The average Bonchev–Trinajstić information content (AvgIpc) is 3.46. The summed E-state index contributed by atoms with van der Waals surface area (Å²) in [5.74, 6) is -0.789. The Balaban J connectivity index is 1.21. The molecule has 1 aromatic carbocycles. The van der Waals surface area contributed by atoms with Crippen molar-refractivity contribution in [2.24, 2.45) is 12.8 Å². The Labute approximate surface area is 220 Å². The van der Waals surface area contributed by atoms with Crippen LogP contribution < -0.4 is 15.8 Å². The van der Waals surface area contributed by atoms with Crippen LogP contribution in [0.3, 0.4) is 0 Å². The number of carbonyl (C=O) groups excluding carboxylic acids is 2. The molecule has 1 aliphatic carbocycles. The highest BCUT2D eigenvalue weighted by atomic mass is 19.4. The van der Waals surface area contributed by atoms with Crippen LogP contribution in [0.2, 0.25) is 0 Å². The molecule has 0 atom stereocenters. The molecule has 4 aromatic rings. The number of fused-ring (bicyclic) bond motifs is 1. The number of hydrogen-bond acceptors (Lipinski definition) is 6. The van der Waals surface area contributed by atoms with E-state index in [4.69, 9.17) is 10.5 Å². The second-order valence-corrected chi connectivity index (χ2v) is 9.55. The molecule has 0 bridgehead atoms. The standard InChI is InChI=1S/C26H26F3N7O3/c1-14-21(13-32-36(14)18-7-3-16(4-8-18)26(27,28)29)24(38)33-17-5-9-19(10-6-17)39-25-20(22(30)37)11-15-12-31-35(2)23(15)34-25/h3-4,7-8,11-13,17,19H,5-6,9-10H2,1-2H3,(H2,30,37)(H,33,38). The van der Waals surface area contributed by atoms with Gasteiger partial charge in [-0.3, -0.25) is 14.3 Å². The highest BCUT2D eigenvalue weighted by molar-refractivity contribution is 5.98. The number of primary amides is 1. The third-order valence-electron chi connectivity index (χ3n) is 6.92. The Bertz CT molecular complexity index is 1530. The maximum Gasteiger partial charge on any atom is 0.416 e. The molecule has 39 heavy (non-hydrogen) atoms. The number of rotatable bonds is 6. The van der Waals surface area contributed by atoms with E-state index >= 15 is 0 Å². The lowest BCUT2D eigenvalue weighted by atomic mass is 9.92. The van der Waals surface area contributed by atoms with Crippen LogP contribution in [0.15, 0.2) is 42.7 Å². The van der Waals surface area contributed by atoms with Crippen molar-refractivity contribution in [2.45, 2.75) is 50.9 Å². The fraction of sp³-hybridized carbons (Fsp3) is 0.346. The van der Waals surface area contributed by atoms with Gasteiger partial charge in [-0.05, 0) is 62.9 Å². The van der Waals surface area contributed by atoms with Crippen LogP contribution in [0, 0.1) is 6.92 Å². The molecule has 1 aliphatic rings. The second kappa shape index (κ2) is 10.0. The van der Waals surface area contributed by atoms with E-state index in [9.17, 15) is 22.8 Å². The van der Waals surface area contributed by atoms with Crippen molar-refractivity contribution >= 4 is 22.8 Å². The third-order valence-corrected chi connectivity index (χ3v) is 6.92. The van der Waals surface area contributed by atoms with E-state index in [1.54, 1.807) is 30.9 Å². The lowest BCUT2D eigenvalue weighted by Crippen LogP contribution is -2.40. The van der Waals surface area contributed by atoms with E-state index in [0.29, 0.717) is 53.7 Å². The fourth-order valence-electron chi connectivity index (χ4n) is 4.76. The minimum Gasteiger partial charge on any atom is -0.474 e. The molecule has 10 nitrogen and oxygen atoms in total. The molecule has 0 radical (unpaired) electrons. The summed E-state index contributed by atoms with van der Waals surface area (Å²) >= 11 is 0. The zero-order valence-corrected chi connectivity index (χ0v) is 21.2. The van der Waals surface area contributed by atoms with Gasteiger partial charge in [0.2, 0.25) is 5.88 Å². The smallest absolute Gasteiger partial charge is 0.416 e. The highest BCUT2D eigenvalue weighted by Gasteiger charge is 2.30. The van der Waals surface area contributed by atoms with Gasteiger partial charge in [-0.15, -0.1) is 0 Å². The molecule has 0 unspecified atom stereocenters. The predicted molar refractivity (Wildman–Crippen MR) is 134 cm³/mol. The van der Waals surface area contributed by atoms with Crippen LogP contribution in [0.4, 0.5) is 13.2 Å². The summed E-state index contributed by atoms with van der Waals surface area (Å²) in [5, 5.41) is 12.0.